The molecule has 5 nitrogen and oxygen atoms in total. The first kappa shape index (κ1) is 18.1. The van der Waals surface area contributed by atoms with Crippen molar-refractivity contribution in [1.82, 2.24) is 0 Å². The third-order valence-electron chi connectivity index (χ3n) is 3.80. The van der Waals surface area contributed by atoms with E-state index in [9.17, 15) is 19.1 Å². The number of halogens is 1. The molecule has 1 atom stereocenters. The Labute approximate surface area is 155 Å². The zero-order valence-corrected chi connectivity index (χ0v) is 14.1. The number of rotatable bonds is 6. The zero-order chi connectivity index (χ0) is 19.2. The second-order valence-electron chi connectivity index (χ2n) is 5.73. The van der Waals surface area contributed by atoms with E-state index in [1.165, 1.54) is 48.5 Å². The highest BCUT2D eigenvalue weighted by Crippen LogP contribution is 2.23. The van der Waals surface area contributed by atoms with Crippen LogP contribution in [-0.4, -0.2) is 17.0 Å². The lowest BCUT2D eigenvalue weighted by atomic mass is 10.1. The number of benzene rings is 3. The molecule has 3 rings (SSSR count). The van der Waals surface area contributed by atoms with Gasteiger partial charge in [-0.05, 0) is 48.5 Å². The number of amides is 1. The number of hydrogen-bond acceptors (Lipinski definition) is 3. The third kappa shape index (κ3) is 4.70. The van der Waals surface area contributed by atoms with Crippen molar-refractivity contribution in [3.8, 4) is 5.75 Å². The Bertz CT molecular complexity index is 925. The molecule has 0 radical (unpaired) electrons. The van der Waals surface area contributed by atoms with Crippen LogP contribution in [0.25, 0.3) is 0 Å². The summed E-state index contributed by atoms with van der Waals surface area (Å²) in [5.74, 6) is -1.55. The van der Waals surface area contributed by atoms with Crippen molar-refractivity contribution in [2.75, 3.05) is 5.32 Å². The quantitative estimate of drug-likeness (QED) is 0.684. The number of anilines is 1. The van der Waals surface area contributed by atoms with Crippen molar-refractivity contribution in [2.24, 2.45) is 0 Å². The highest BCUT2D eigenvalue weighted by atomic mass is 19.1. The van der Waals surface area contributed by atoms with Crippen LogP contribution < -0.4 is 10.1 Å². The fourth-order valence-corrected chi connectivity index (χ4v) is 2.45. The molecule has 0 heterocycles. The number of carboxylic acid groups (broad SMARTS) is 1. The minimum absolute atomic E-state index is 0.324. The molecule has 3 aromatic carbocycles. The maximum absolute atomic E-state index is 12.9. The molecular formula is C21H16FNO4. The molecule has 2 N–H and O–H groups in total. The Morgan fingerprint density at radius 2 is 1.52 bits per heavy atom. The second-order valence-corrected chi connectivity index (χ2v) is 5.73. The lowest BCUT2D eigenvalue weighted by molar-refractivity contribution is -0.145. The summed E-state index contributed by atoms with van der Waals surface area (Å²) >= 11 is 0. The van der Waals surface area contributed by atoms with Crippen LogP contribution in [0, 0.1) is 5.82 Å². The van der Waals surface area contributed by atoms with Crippen molar-refractivity contribution in [1.29, 1.82) is 0 Å². The molecule has 0 aliphatic heterocycles. The lowest BCUT2D eigenvalue weighted by Gasteiger charge is -2.15. The minimum atomic E-state index is -1.15. The van der Waals surface area contributed by atoms with Crippen LogP contribution in [0.1, 0.15) is 22.0 Å². The first-order chi connectivity index (χ1) is 13.0. The maximum Gasteiger partial charge on any atom is 0.349 e. The first-order valence-corrected chi connectivity index (χ1v) is 8.14. The van der Waals surface area contributed by atoms with Gasteiger partial charge < -0.3 is 15.2 Å². The molecule has 136 valence electrons. The molecule has 0 fully saturated rings. The van der Waals surface area contributed by atoms with E-state index in [-0.39, 0.29) is 11.7 Å². The van der Waals surface area contributed by atoms with Gasteiger partial charge in [0.15, 0.2) is 0 Å². The molecular weight excluding hydrogens is 349 g/mol. The van der Waals surface area contributed by atoms with Crippen molar-refractivity contribution >= 4 is 17.6 Å². The average molecular weight is 365 g/mol. The van der Waals surface area contributed by atoms with Crippen LogP contribution in [0.2, 0.25) is 0 Å². The summed E-state index contributed by atoms with van der Waals surface area (Å²) in [5, 5.41) is 12.0. The largest absolute Gasteiger partial charge is 0.478 e. The molecule has 0 aliphatic rings. The van der Waals surface area contributed by atoms with Crippen molar-refractivity contribution in [3.05, 3.63) is 95.8 Å². The summed E-state index contributed by atoms with van der Waals surface area (Å²) < 4.78 is 18.5. The number of carboxylic acids is 1. The number of aliphatic carboxylic acids is 1. The average Bonchev–Trinajstić information content (AvgIpc) is 2.69. The number of carbonyl (C=O) groups excluding carboxylic acids is 1. The van der Waals surface area contributed by atoms with Gasteiger partial charge in [0.2, 0.25) is 6.10 Å². The Hall–Kier alpha value is -3.67. The van der Waals surface area contributed by atoms with Gasteiger partial charge in [-0.2, -0.15) is 0 Å². The van der Waals surface area contributed by atoms with E-state index in [0.29, 0.717) is 22.6 Å². The molecule has 6 heteroatoms. The summed E-state index contributed by atoms with van der Waals surface area (Å²) in [7, 11) is 0. The van der Waals surface area contributed by atoms with Gasteiger partial charge in [0.05, 0.1) is 0 Å². The normalized spacial score (nSPS) is 11.4. The smallest absolute Gasteiger partial charge is 0.349 e. The number of ether oxygens (including phenoxy) is 1. The summed E-state index contributed by atoms with van der Waals surface area (Å²) in [6.07, 6.45) is -1.15. The van der Waals surface area contributed by atoms with E-state index < -0.39 is 12.1 Å². The van der Waals surface area contributed by atoms with Gasteiger partial charge in [-0.3, -0.25) is 4.79 Å². The number of hydrogen-bond donors (Lipinski definition) is 2. The Kier molecular flexibility index (Phi) is 5.47. The van der Waals surface area contributed by atoms with Crippen molar-refractivity contribution in [2.45, 2.75) is 6.10 Å². The predicted molar refractivity (Wildman–Crippen MR) is 98.2 cm³/mol. The van der Waals surface area contributed by atoms with Crippen LogP contribution in [-0.2, 0) is 4.79 Å². The van der Waals surface area contributed by atoms with Crippen molar-refractivity contribution < 1.29 is 23.8 Å². The summed E-state index contributed by atoms with van der Waals surface area (Å²) in [6.45, 7) is 0. The summed E-state index contributed by atoms with van der Waals surface area (Å²) in [4.78, 5) is 23.7. The Balaban J connectivity index is 1.69. The lowest BCUT2D eigenvalue weighted by Crippen LogP contribution is -2.18. The molecule has 0 bridgehead atoms. The second kappa shape index (κ2) is 8.14. The van der Waals surface area contributed by atoms with Crippen LogP contribution in [0.4, 0.5) is 10.1 Å². The first-order valence-electron chi connectivity index (χ1n) is 8.14. The van der Waals surface area contributed by atoms with E-state index >= 15 is 0 Å². The van der Waals surface area contributed by atoms with Gasteiger partial charge in [-0.1, -0.05) is 30.3 Å². The van der Waals surface area contributed by atoms with Crippen LogP contribution >= 0.6 is 0 Å². The maximum atomic E-state index is 12.9. The fourth-order valence-electron chi connectivity index (χ4n) is 2.45. The number of carbonyl (C=O) groups is 2. The molecule has 3 aromatic rings. The zero-order valence-electron chi connectivity index (χ0n) is 14.1. The predicted octanol–water partition coefficient (Wildman–Crippen LogP) is 4.28. The van der Waals surface area contributed by atoms with Gasteiger partial charge in [0.25, 0.3) is 5.91 Å². The Morgan fingerprint density at radius 1 is 0.889 bits per heavy atom. The van der Waals surface area contributed by atoms with E-state index in [4.69, 9.17) is 4.74 Å². The molecule has 1 unspecified atom stereocenters. The van der Waals surface area contributed by atoms with E-state index in [2.05, 4.69) is 5.32 Å². The highest BCUT2D eigenvalue weighted by molar-refractivity contribution is 6.04. The Morgan fingerprint density at radius 3 is 2.11 bits per heavy atom. The molecule has 0 saturated carbocycles. The summed E-state index contributed by atoms with van der Waals surface area (Å²) in [5.41, 5.74) is 1.35. The van der Waals surface area contributed by atoms with Gasteiger partial charge >= 0.3 is 5.97 Å². The number of nitrogens with one attached hydrogen (secondary N) is 1. The minimum Gasteiger partial charge on any atom is -0.478 e. The van der Waals surface area contributed by atoms with Crippen LogP contribution in [0.3, 0.4) is 0 Å². The molecule has 0 aliphatic carbocycles. The van der Waals surface area contributed by atoms with E-state index in [1.807, 2.05) is 0 Å². The monoisotopic (exact) mass is 365 g/mol. The summed E-state index contributed by atoms with van der Waals surface area (Å²) in [6, 6.07) is 20.1. The molecule has 1 amide bonds. The highest BCUT2D eigenvalue weighted by Gasteiger charge is 2.21. The van der Waals surface area contributed by atoms with Crippen LogP contribution in [0.15, 0.2) is 78.9 Å². The fraction of sp³-hybridized carbons (Fsp3) is 0.0476. The third-order valence-corrected chi connectivity index (χ3v) is 3.80. The standard InChI is InChI=1S/C21H16FNO4/c22-16-8-10-17(11-9-16)23-20(24)15-6-12-18(13-7-15)27-19(21(25)26)14-4-2-1-3-5-14/h1-13,19H,(H,23,24)(H,25,26). The molecule has 0 saturated heterocycles. The topological polar surface area (TPSA) is 75.6 Å². The van der Waals surface area contributed by atoms with Crippen molar-refractivity contribution in [3.63, 3.8) is 0 Å². The molecule has 27 heavy (non-hydrogen) atoms. The van der Waals surface area contributed by atoms with E-state index in [1.54, 1.807) is 30.3 Å². The SMILES string of the molecule is O=C(Nc1ccc(F)cc1)c1ccc(OC(C(=O)O)c2ccccc2)cc1. The molecule has 0 spiro atoms. The molecule has 0 aromatic heterocycles. The van der Waals surface area contributed by atoms with Crippen LogP contribution in [0.5, 0.6) is 5.75 Å². The van der Waals surface area contributed by atoms with Gasteiger partial charge in [0, 0.05) is 16.8 Å². The van der Waals surface area contributed by atoms with Gasteiger partial charge in [0.1, 0.15) is 11.6 Å². The van der Waals surface area contributed by atoms with Gasteiger partial charge in [-0.25, -0.2) is 9.18 Å². The van der Waals surface area contributed by atoms with Gasteiger partial charge in [-0.15, -0.1) is 0 Å². The van der Waals surface area contributed by atoms with E-state index in [0.717, 1.165) is 0 Å².